The van der Waals surface area contributed by atoms with E-state index in [1.165, 1.54) is 112 Å². The number of benzene rings is 3. The fourth-order valence-electron chi connectivity index (χ4n) is 7.73. The molecule has 0 nitrogen and oxygen atoms in total. The lowest BCUT2D eigenvalue weighted by atomic mass is 9.59. The van der Waals surface area contributed by atoms with Gasteiger partial charge in [0.25, 0.3) is 0 Å². The molecule has 0 N–H and O–H groups in total. The van der Waals surface area contributed by atoms with E-state index in [1.54, 1.807) is 22.3 Å². The van der Waals surface area contributed by atoms with E-state index >= 15 is 0 Å². The van der Waals surface area contributed by atoms with Crippen molar-refractivity contribution < 1.29 is 0 Å². The molecule has 230 valence electrons. The highest BCUT2D eigenvalue weighted by molar-refractivity contribution is 5.92. The van der Waals surface area contributed by atoms with Crippen LogP contribution < -0.4 is 0 Å². The minimum absolute atomic E-state index is 0.101. The predicted octanol–water partition coefficient (Wildman–Crippen LogP) is 13.1. The van der Waals surface area contributed by atoms with Gasteiger partial charge in [-0.2, -0.15) is 0 Å². The molecule has 3 aromatic rings. The Bertz CT molecular complexity index is 1280. The first-order chi connectivity index (χ1) is 20.0. The van der Waals surface area contributed by atoms with Gasteiger partial charge in [0.05, 0.1) is 0 Å². The summed E-state index contributed by atoms with van der Waals surface area (Å²) in [6, 6.07) is 19.7. The molecule has 0 unspecified atom stereocenters. The van der Waals surface area contributed by atoms with Crippen molar-refractivity contribution in [3.63, 3.8) is 0 Å². The van der Waals surface area contributed by atoms with Crippen molar-refractivity contribution in [1.29, 1.82) is 0 Å². The number of fused-ring (bicyclic) bond motifs is 4. The lowest BCUT2D eigenvalue weighted by Crippen LogP contribution is -2.35. The third kappa shape index (κ3) is 7.34. The van der Waals surface area contributed by atoms with Gasteiger partial charge in [-0.05, 0) is 74.2 Å². The van der Waals surface area contributed by atoms with Crippen LogP contribution in [0.5, 0.6) is 0 Å². The lowest BCUT2D eigenvalue weighted by Gasteiger charge is -2.44. The summed E-state index contributed by atoms with van der Waals surface area (Å²) in [5, 5.41) is 2.97. The molecule has 0 heterocycles. The monoisotopic (exact) mass is 566 g/mol. The van der Waals surface area contributed by atoms with Crippen molar-refractivity contribution >= 4 is 10.8 Å². The summed E-state index contributed by atoms with van der Waals surface area (Å²) in [6.07, 6.45) is 20.0. The molecule has 0 aliphatic heterocycles. The van der Waals surface area contributed by atoms with Crippen LogP contribution in [-0.2, 0) is 22.7 Å². The van der Waals surface area contributed by atoms with Gasteiger partial charge in [-0.15, -0.1) is 0 Å². The van der Waals surface area contributed by atoms with Gasteiger partial charge in [-0.25, -0.2) is 0 Å². The summed E-state index contributed by atoms with van der Waals surface area (Å²) in [5.74, 6) is 0. The van der Waals surface area contributed by atoms with Gasteiger partial charge in [-0.1, -0.05) is 181 Å². The first kappa shape index (κ1) is 32.8. The second-order valence-corrected chi connectivity index (χ2v) is 15.7. The Hall–Kier alpha value is -2.08. The van der Waals surface area contributed by atoms with Gasteiger partial charge in [0, 0.05) is 5.41 Å². The summed E-state index contributed by atoms with van der Waals surface area (Å²) >= 11 is 0. The van der Waals surface area contributed by atoms with Crippen LogP contribution in [0.3, 0.4) is 0 Å². The molecule has 0 spiro atoms. The maximum Gasteiger partial charge on any atom is 0.0209 e. The fraction of sp³-hybridized carbons (Fsp3) is 0.619. The Kier molecular flexibility index (Phi) is 11.0. The molecular formula is C42H62. The predicted molar refractivity (Wildman–Crippen MR) is 187 cm³/mol. The normalized spacial score (nSPS) is 14.7. The van der Waals surface area contributed by atoms with Gasteiger partial charge in [0.2, 0.25) is 0 Å². The quantitative estimate of drug-likeness (QED) is 0.170. The van der Waals surface area contributed by atoms with Crippen LogP contribution in [0.15, 0.2) is 48.5 Å². The Labute approximate surface area is 260 Å². The van der Waals surface area contributed by atoms with E-state index in [2.05, 4.69) is 104 Å². The summed E-state index contributed by atoms with van der Waals surface area (Å²) in [7, 11) is 0. The highest BCUT2D eigenvalue weighted by Gasteiger charge is 2.42. The molecule has 0 aromatic heterocycles. The topological polar surface area (TPSA) is 0 Å². The highest BCUT2D eigenvalue weighted by Crippen LogP contribution is 2.52. The zero-order valence-corrected chi connectivity index (χ0v) is 28.7. The summed E-state index contributed by atoms with van der Waals surface area (Å²) in [4.78, 5) is 0. The molecule has 0 radical (unpaired) electrons. The Balaban J connectivity index is 1.90. The average Bonchev–Trinajstić information content (AvgIpc) is 2.95. The van der Waals surface area contributed by atoms with Gasteiger partial charge in [-0.3, -0.25) is 0 Å². The van der Waals surface area contributed by atoms with Crippen LogP contribution in [0.1, 0.15) is 179 Å². The second-order valence-electron chi connectivity index (χ2n) is 15.7. The standard InChI is InChI=1S/C42H62/c1-9-11-13-15-17-21-27-42(28-22-18-16-14-12-10-2)37-30-33(40(3,4)5)26-25-32(37)29-36-34-23-19-20-24-35(34)38(31-39(36)42)41(6,7)8/h19-20,23-26,30-31H,9-18,21-22,27-29H2,1-8H3. The lowest BCUT2D eigenvalue weighted by molar-refractivity contribution is 0.380. The van der Waals surface area contributed by atoms with Crippen LogP contribution in [0.2, 0.25) is 0 Å². The third-order valence-corrected chi connectivity index (χ3v) is 10.3. The molecule has 42 heavy (non-hydrogen) atoms. The first-order valence-electron chi connectivity index (χ1n) is 17.7. The fourth-order valence-corrected chi connectivity index (χ4v) is 7.73. The Morgan fingerprint density at radius 2 is 1.12 bits per heavy atom. The molecule has 0 bridgehead atoms. The average molecular weight is 567 g/mol. The van der Waals surface area contributed by atoms with Crippen molar-refractivity contribution in [1.82, 2.24) is 0 Å². The van der Waals surface area contributed by atoms with Crippen LogP contribution in [0, 0.1) is 0 Å². The van der Waals surface area contributed by atoms with Gasteiger partial charge in [0.1, 0.15) is 0 Å². The van der Waals surface area contributed by atoms with E-state index in [9.17, 15) is 0 Å². The molecule has 0 heteroatoms. The zero-order chi connectivity index (χ0) is 30.4. The second kappa shape index (κ2) is 14.1. The number of rotatable bonds is 14. The maximum atomic E-state index is 2.71. The van der Waals surface area contributed by atoms with Crippen LogP contribution in [0.4, 0.5) is 0 Å². The van der Waals surface area contributed by atoms with E-state index in [0.717, 1.165) is 6.42 Å². The van der Waals surface area contributed by atoms with E-state index in [1.807, 2.05) is 0 Å². The molecule has 4 rings (SSSR count). The van der Waals surface area contributed by atoms with Gasteiger partial charge < -0.3 is 0 Å². The zero-order valence-electron chi connectivity index (χ0n) is 28.7. The number of hydrogen-bond donors (Lipinski definition) is 0. The molecule has 0 fully saturated rings. The van der Waals surface area contributed by atoms with E-state index in [0.29, 0.717) is 0 Å². The van der Waals surface area contributed by atoms with Crippen LogP contribution in [0.25, 0.3) is 10.8 Å². The molecule has 0 saturated carbocycles. The molecule has 0 amide bonds. The Morgan fingerprint density at radius 3 is 1.67 bits per heavy atom. The van der Waals surface area contributed by atoms with Gasteiger partial charge in [0.15, 0.2) is 0 Å². The molecule has 0 atom stereocenters. The first-order valence-corrected chi connectivity index (χ1v) is 17.7. The highest BCUT2D eigenvalue weighted by atomic mass is 14.4. The van der Waals surface area contributed by atoms with E-state index < -0.39 is 0 Å². The molecule has 1 aliphatic rings. The van der Waals surface area contributed by atoms with Crippen LogP contribution in [-0.4, -0.2) is 0 Å². The van der Waals surface area contributed by atoms with Crippen molar-refractivity contribution in [2.24, 2.45) is 0 Å². The van der Waals surface area contributed by atoms with Crippen molar-refractivity contribution in [2.75, 3.05) is 0 Å². The largest absolute Gasteiger partial charge is 0.0654 e. The van der Waals surface area contributed by atoms with Crippen LogP contribution >= 0.6 is 0 Å². The van der Waals surface area contributed by atoms with E-state index in [4.69, 9.17) is 0 Å². The molecule has 0 saturated heterocycles. The van der Waals surface area contributed by atoms with Crippen molar-refractivity contribution in [3.05, 3.63) is 81.9 Å². The molecular weight excluding hydrogens is 504 g/mol. The van der Waals surface area contributed by atoms with Crippen molar-refractivity contribution in [2.45, 2.75) is 168 Å². The maximum absolute atomic E-state index is 2.71. The third-order valence-electron chi connectivity index (χ3n) is 10.3. The number of unbranched alkanes of at least 4 members (excludes halogenated alkanes) is 10. The SMILES string of the molecule is CCCCCCCCC1(CCCCCCCC)c2cc(C(C)(C)C)ccc2Cc2c1cc(C(C)(C)C)c1ccccc21. The Morgan fingerprint density at radius 1 is 0.571 bits per heavy atom. The summed E-state index contributed by atoms with van der Waals surface area (Å²) in [5.41, 5.74) is 9.93. The summed E-state index contributed by atoms with van der Waals surface area (Å²) < 4.78 is 0. The van der Waals surface area contributed by atoms with E-state index in [-0.39, 0.29) is 16.2 Å². The minimum Gasteiger partial charge on any atom is -0.0654 e. The minimum atomic E-state index is 0.101. The smallest absolute Gasteiger partial charge is 0.0209 e. The van der Waals surface area contributed by atoms with Crippen molar-refractivity contribution in [3.8, 4) is 0 Å². The number of hydrogen-bond acceptors (Lipinski definition) is 0. The molecule has 3 aromatic carbocycles. The summed E-state index contributed by atoms with van der Waals surface area (Å²) in [6.45, 7) is 19.1. The molecule has 1 aliphatic carbocycles. The van der Waals surface area contributed by atoms with Gasteiger partial charge >= 0.3 is 0 Å².